The Labute approximate surface area is 149 Å². The minimum Gasteiger partial charge on any atom is -0.357 e. The number of hydrogen-bond acceptors (Lipinski definition) is 5. The molecule has 1 aliphatic rings. The quantitative estimate of drug-likeness (QED) is 0.197. The fraction of sp³-hybridized carbons (Fsp3) is 0.909. The van der Waals surface area contributed by atoms with Crippen LogP contribution in [0.1, 0.15) is 20.3 Å². The molecule has 0 aromatic carbocycles. The highest BCUT2D eigenvalue weighted by atomic mass is 127. The van der Waals surface area contributed by atoms with E-state index in [0.717, 1.165) is 0 Å². The Bertz CT molecular complexity index is 563. The Kier molecular flexibility index (Phi) is 9.82. The van der Waals surface area contributed by atoms with E-state index in [4.69, 9.17) is 0 Å². The van der Waals surface area contributed by atoms with E-state index in [-0.39, 0.29) is 60.4 Å². The topological polar surface area (TPSA) is 117 Å². The number of aliphatic imine (C=N–C) groups is 1. The molecule has 1 heterocycles. The number of halogens is 1. The minimum absolute atomic E-state index is 0. The molecule has 0 aliphatic carbocycles. The van der Waals surface area contributed by atoms with Crippen LogP contribution in [0.4, 0.5) is 0 Å². The zero-order valence-electron chi connectivity index (χ0n) is 12.8. The lowest BCUT2D eigenvalue weighted by molar-refractivity contribution is 0.582. The first-order valence-corrected chi connectivity index (χ1v) is 10.5. The van der Waals surface area contributed by atoms with Gasteiger partial charge in [-0.2, -0.15) is 0 Å². The zero-order valence-corrected chi connectivity index (χ0v) is 16.8. The van der Waals surface area contributed by atoms with Crippen molar-refractivity contribution in [2.75, 3.05) is 36.9 Å². The SMILES string of the molecule is CCNC(=NCCNS(=O)(=O)CC)NC1CCS(=O)(=O)C1.I. The number of rotatable bonds is 7. The molecular formula is C11H25IN4O4S2. The number of nitrogens with zero attached hydrogens (tertiary/aromatic N) is 1. The summed E-state index contributed by atoms with van der Waals surface area (Å²) in [5.74, 6) is 0.852. The fourth-order valence-electron chi connectivity index (χ4n) is 1.89. The van der Waals surface area contributed by atoms with Crippen LogP contribution in [0.5, 0.6) is 0 Å². The first-order valence-electron chi connectivity index (χ1n) is 7.00. The Morgan fingerprint density at radius 1 is 1.32 bits per heavy atom. The lowest BCUT2D eigenvalue weighted by Crippen LogP contribution is -2.44. The van der Waals surface area contributed by atoms with Gasteiger partial charge in [0.25, 0.3) is 0 Å². The number of sulfone groups is 1. The highest BCUT2D eigenvalue weighted by Gasteiger charge is 2.28. The Hall–Kier alpha value is -0.140. The maximum Gasteiger partial charge on any atom is 0.211 e. The van der Waals surface area contributed by atoms with Crippen LogP contribution in [0, 0.1) is 0 Å². The van der Waals surface area contributed by atoms with Crippen molar-refractivity contribution < 1.29 is 16.8 Å². The van der Waals surface area contributed by atoms with E-state index in [1.54, 1.807) is 6.92 Å². The second kappa shape index (κ2) is 9.88. The summed E-state index contributed by atoms with van der Waals surface area (Å²) in [6.07, 6.45) is 0.565. The van der Waals surface area contributed by atoms with Gasteiger partial charge in [-0.1, -0.05) is 0 Å². The number of nitrogens with one attached hydrogen (secondary N) is 3. The third-order valence-corrected chi connectivity index (χ3v) is 6.17. The molecule has 1 saturated heterocycles. The van der Waals surface area contributed by atoms with Gasteiger partial charge in [0.15, 0.2) is 15.8 Å². The number of hydrogen-bond donors (Lipinski definition) is 3. The molecule has 132 valence electrons. The van der Waals surface area contributed by atoms with Crippen LogP contribution in [0.25, 0.3) is 0 Å². The van der Waals surface area contributed by atoms with Gasteiger partial charge in [0.2, 0.25) is 10.0 Å². The van der Waals surface area contributed by atoms with Gasteiger partial charge in [-0.25, -0.2) is 21.6 Å². The van der Waals surface area contributed by atoms with Crippen LogP contribution < -0.4 is 15.4 Å². The van der Waals surface area contributed by atoms with E-state index in [0.29, 0.717) is 18.9 Å². The van der Waals surface area contributed by atoms with Gasteiger partial charge >= 0.3 is 0 Å². The summed E-state index contributed by atoms with van der Waals surface area (Å²) in [5, 5.41) is 6.08. The van der Waals surface area contributed by atoms with Crippen molar-refractivity contribution in [3.63, 3.8) is 0 Å². The molecule has 11 heteroatoms. The molecule has 0 radical (unpaired) electrons. The summed E-state index contributed by atoms with van der Waals surface area (Å²) in [6.45, 7) is 4.62. The molecule has 8 nitrogen and oxygen atoms in total. The van der Waals surface area contributed by atoms with Crippen molar-refractivity contribution in [2.45, 2.75) is 26.3 Å². The summed E-state index contributed by atoms with van der Waals surface area (Å²) >= 11 is 0. The van der Waals surface area contributed by atoms with Crippen molar-refractivity contribution in [1.29, 1.82) is 0 Å². The monoisotopic (exact) mass is 468 g/mol. The molecule has 1 unspecified atom stereocenters. The van der Waals surface area contributed by atoms with Gasteiger partial charge in [0.05, 0.1) is 23.8 Å². The Balaban J connectivity index is 0.00000441. The fourth-order valence-corrected chi connectivity index (χ4v) is 4.17. The third kappa shape index (κ3) is 8.48. The van der Waals surface area contributed by atoms with Crippen molar-refractivity contribution in [1.82, 2.24) is 15.4 Å². The first-order chi connectivity index (χ1) is 9.78. The van der Waals surface area contributed by atoms with Gasteiger partial charge in [0, 0.05) is 19.1 Å². The van der Waals surface area contributed by atoms with Crippen molar-refractivity contribution in [3.05, 3.63) is 0 Å². The van der Waals surface area contributed by atoms with Crippen molar-refractivity contribution >= 4 is 49.8 Å². The van der Waals surface area contributed by atoms with E-state index < -0.39 is 19.9 Å². The highest BCUT2D eigenvalue weighted by molar-refractivity contribution is 14.0. The molecular weight excluding hydrogens is 443 g/mol. The molecule has 0 aromatic rings. The Morgan fingerprint density at radius 3 is 2.50 bits per heavy atom. The predicted octanol–water partition coefficient (Wildman–Crippen LogP) is -0.714. The van der Waals surface area contributed by atoms with E-state index in [9.17, 15) is 16.8 Å². The molecule has 0 spiro atoms. The maximum atomic E-state index is 11.4. The van der Waals surface area contributed by atoms with Crippen LogP contribution in [0.2, 0.25) is 0 Å². The molecule has 0 amide bonds. The summed E-state index contributed by atoms with van der Waals surface area (Å²) < 4.78 is 47.8. The molecule has 22 heavy (non-hydrogen) atoms. The summed E-state index contributed by atoms with van der Waals surface area (Å²) in [4.78, 5) is 4.23. The molecule has 0 aromatic heterocycles. The van der Waals surface area contributed by atoms with Crippen LogP contribution in [0.15, 0.2) is 4.99 Å². The smallest absolute Gasteiger partial charge is 0.211 e. The average Bonchev–Trinajstić information content (AvgIpc) is 2.74. The molecule has 1 fully saturated rings. The van der Waals surface area contributed by atoms with Gasteiger partial charge < -0.3 is 10.6 Å². The minimum atomic E-state index is -3.21. The van der Waals surface area contributed by atoms with Crippen molar-refractivity contribution in [3.8, 4) is 0 Å². The molecule has 1 aliphatic heterocycles. The van der Waals surface area contributed by atoms with E-state index >= 15 is 0 Å². The van der Waals surface area contributed by atoms with Crippen molar-refractivity contribution in [2.24, 2.45) is 4.99 Å². The standard InChI is InChI=1S/C11H24N4O4S2.HI/c1-3-12-11(13-6-7-14-21(18,19)4-2)15-10-5-8-20(16,17)9-10;/h10,14H,3-9H2,1-2H3,(H2,12,13,15);1H. The molecule has 3 N–H and O–H groups in total. The highest BCUT2D eigenvalue weighted by Crippen LogP contribution is 2.10. The largest absolute Gasteiger partial charge is 0.357 e. The lowest BCUT2D eigenvalue weighted by atomic mass is 10.3. The van der Waals surface area contributed by atoms with E-state index in [1.165, 1.54) is 0 Å². The number of guanidine groups is 1. The Morgan fingerprint density at radius 2 is 2.00 bits per heavy atom. The summed E-state index contributed by atoms with van der Waals surface area (Å²) in [6, 6.07) is -0.139. The average molecular weight is 468 g/mol. The van der Waals surface area contributed by atoms with E-state index in [1.807, 2.05) is 6.92 Å². The van der Waals surface area contributed by atoms with Crippen LogP contribution in [-0.2, 0) is 19.9 Å². The van der Waals surface area contributed by atoms with Gasteiger partial charge in [-0.15, -0.1) is 24.0 Å². The second-order valence-corrected chi connectivity index (χ2v) is 9.13. The second-order valence-electron chi connectivity index (χ2n) is 4.80. The zero-order chi connectivity index (χ0) is 15.9. The summed E-state index contributed by atoms with van der Waals surface area (Å²) in [7, 11) is -6.15. The molecule has 0 bridgehead atoms. The third-order valence-electron chi connectivity index (χ3n) is 3.00. The van der Waals surface area contributed by atoms with Gasteiger partial charge in [-0.3, -0.25) is 4.99 Å². The van der Waals surface area contributed by atoms with Gasteiger partial charge in [0.1, 0.15) is 0 Å². The maximum absolute atomic E-state index is 11.4. The van der Waals surface area contributed by atoms with Crippen LogP contribution >= 0.6 is 24.0 Å². The number of sulfonamides is 1. The predicted molar refractivity (Wildman–Crippen MR) is 99.1 cm³/mol. The van der Waals surface area contributed by atoms with Crippen LogP contribution in [0.3, 0.4) is 0 Å². The molecule has 1 rings (SSSR count). The van der Waals surface area contributed by atoms with E-state index in [2.05, 4.69) is 20.3 Å². The normalized spacial score (nSPS) is 21.2. The molecule has 0 saturated carbocycles. The first kappa shape index (κ1) is 21.9. The summed E-state index contributed by atoms with van der Waals surface area (Å²) in [5.41, 5.74) is 0. The van der Waals surface area contributed by atoms with Crippen LogP contribution in [-0.4, -0.2) is 65.7 Å². The molecule has 1 atom stereocenters. The van der Waals surface area contributed by atoms with Gasteiger partial charge in [-0.05, 0) is 20.3 Å². The lowest BCUT2D eigenvalue weighted by Gasteiger charge is -2.15.